The van der Waals surface area contributed by atoms with E-state index in [1.165, 1.54) is 0 Å². The van der Waals surface area contributed by atoms with Gasteiger partial charge < -0.3 is 21.4 Å². The van der Waals surface area contributed by atoms with E-state index in [1.807, 2.05) is 53.1 Å². The summed E-state index contributed by atoms with van der Waals surface area (Å²) in [5.41, 5.74) is 19.6. The number of aromatic nitrogens is 4. The fraction of sp³-hybridized carbons (Fsp3) is 0.194. The zero-order valence-electron chi connectivity index (χ0n) is 22.8. The van der Waals surface area contributed by atoms with Gasteiger partial charge in [0.15, 0.2) is 11.5 Å². The Hall–Kier alpha value is -5.10. The number of nitrogens with zero attached hydrogens (tertiary/aromatic N) is 4. The van der Waals surface area contributed by atoms with E-state index in [2.05, 4.69) is 29.2 Å². The highest BCUT2D eigenvalue weighted by Gasteiger charge is 2.38. The number of benzene rings is 2. The van der Waals surface area contributed by atoms with Gasteiger partial charge in [0.1, 0.15) is 17.6 Å². The monoisotopic (exact) mass is 588 g/mol. The molecule has 5 aromatic rings. The van der Waals surface area contributed by atoms with Gasteiger partial charge in [0, 0.05) is 29.4 Å². The number of aliphatic carboxylic acids is 1. The van der Waals surface area contributed by atoms with Gasteiger partial charge in [-0.25, -0.2) is 19.7 Å². The van der Waals surface area contributed by atoms with Crippen molar-refractivity contribution in [2.75, 3.05) is 5.73 Å². The number of rotatable bonds is 6. The van der Waals surface area contributed by atoms with Crippen molar-refractivity contribution in [3.63, 3.8) is 0 Å². The van der Waals surface area contributed by atoms with E-state index in [0.717, 1.165) is 64.7 Å². The highest BCUT2D eigenvalue weighted by molar-refractivity contribution is 5.84. The van der Waals surface area contributed by atoms with Crippen LogP contribution in [0.3, 0.4) is 0 Å². The molecule has 1 saturated carbocycles. The highest BCUT2D eigenvalue weighted by atomic mass is 19.4. The fourth-order valence-corrected chi connectivity index (χ4v) is 4.89. The van der Waals surface area contributed by atoms with E-state index < -0.39 is 12.1 Å². The van der Waals surface area contributed by atoms with Gasteiger partial charge in [0.25, 0.3) is 0 Å². The summed E-state index contributed by atoms with van der Waals surface area (Å²) < 4.78 is 33.8. The highest BCUT2D eigenvalue weighted by Crippen LogP contribution is 2.39. The second kappa shape index (κ2) is 11.6. The average Bonchev–Trinajstić information content (AvgIpc) is 3.35. The summed E-state index contributed by atoms with van der Waals surface area (Å²) in [5.74, 6) is -1.68. The maximum absolute atomic E-state index is 11.0. The Kier molecular flexibility index (Phi) is 7.96. The van der Waals surface area contributed by atoms with Crippen molar-refractivity contribution in [2.45, 2.75) is 37.4 Å². The van der Waals surface area contributed by atoms with Crippen LogP contribution in [0.2, 0.25) is 0 Å². The number of hydrogen-bond acceptors (Lipinski definition) is 7. The van der Waals surface area contributed by atoms with Gasteiger partial charge in [-0.3, -0.25) is 4.57 Å². The van der Waals surface area contributed by atoms with E-state index in [4.69, 9.17) is 31.3 Å². The van der Waals surface area contributed by atoms with Crippen molar-refractivity contribution < 1.29 is 27.9 Å². The minimum atomic E-state index is -5.08. The van der Waals surface area contributed by atoms with Crippen LogP contribution in [0.15, 0.2) is 79.0 Å². The molecule has 0 amide bonds. The Balaban J connectivity index is 0.000000472. The molecule has 0 saturated heterocycles. The maximum Gasteiger partial charge on any atom is 0.490 e. The van der Waals surface area contributed by atoms with Crippen LogP contribution in [0.25, 0.3) is 39.5 Å². The lowest BCUT2D eigenvalue weighted by molar-refractivity contribution is -0.192. The van der Waals surface area contributed by atoms with Gasteiger partial charge >= 0.3 is 12.1 Å². The molecule has 0 radical (unpaired) electrons. The Morgan fingerprint density at radius 3 is 2.35 bits per heavy atom. The van der Waals surface area contributed by atoms with Gasteiger partial charge in [0.2, 0.25) is 0 Å². The molecule has 3 heterocycles. The summed E-state index contributed by atoms with van der Waals surface area (Å²) in [4.78, 5) is 34.1. The lowest BCUT2D eigenvalue weighted by Crippen LogP contribution is -2.43. The topological polar surface area (TPSA) is 150 Å². The Bertz CT molecular complexity index is 1800. The van der Waals surface area contributed by atoms with E-state index >= 15 is 0 Å². The van der Waals surface area contributed by atoms with E-state index in [-0.39, 0.29) is 5.54 Å². The molecule has 0 spiro atoms. The zero-order chi connectivity index (χ0) is 30.8. The summed E-state index contributed by atoms with van der Waals surface area (Å²) >= 11 is 0. The number of carboxylic acids is 1. The average molecular weight is 589 g/mol. The molecular formula is C31H27F3N6O3. The van der Waals surface area contributed by atoms with Gasteiger partial charge in [-0.05, 0) is 72.9 Å². The number of pyridine rings is 2. The first-order valence-corrected chi connectivity index (χ1v) is 13.3. The molecule has 12 heteroatoms. The van der Waals surface area contributed by atoms with Crippen LogP contribution in [-0.2, 0) is 21.5 Å². The molecule has 1 fully saturated rings. The molecule has 3 aromatic heterocycles. The zero-order valence-corrected chi connectivity index (χ0v) is 22.8. The minimum Gasteiger partial charge on any atom is -0.475 e. The third kappa shape index (κ3) is 6.09. The van der Waals surface area contributed by atoms with Crippen LogP contribution < -0.4 is 11.5 Å². The molecule has 43 heavy (non-hydrogen) atoms. The number of carbonyl (C=O) groups is 2. The summed E-state index contributed by atoms with van der Waals surface area (Å²) in [6.45, 7) is 0. The Labute approximate surface area is 244 Å². The minimum absolute atomic E-state index is 0.232. The standard InChI is InChI=1S/C29H26N6O.C2HF3O2/c30-26-23(6-2-16-32-26)27-34-25-12-11-24(20-5-1-4-19(18-20)13-17-36)33-28(25)35(27)22-9-7-21(8-10-22)29(31)14-3-15-29;3-2(4,5)1(6)7/h1-2,4-12,16-18H,3,13-15,31H2,(H2,30,32);(H,6,7). The van der Waals surface area contributed by atoms with Crippen molar-refractivity contribution in [1.29, 1.82) is 0 Å². The first-order valence-electron chi connectivity index (χ1n) is 13.3. The smallest absolute Gasteiger partial charge is 0.475 e. The third-order valence-corrected chi connectivity index (χ3v) is 7.31. The molecule has 2 aromatic carbocycles. The van der Waals surface area contributed by atoms with Gasteiger partial charge in [-0.1, -0.05) is 30.3 Å². The number of nitrogen functional groups attached to an aromatic ring is 1. The van der Waals surface area contributed by atoms with Crippen molar-refractivity contribution in [2.24, 2.45) is 5.73 Å². The maximum atomic E-state index is 11.0. The molecular weight excluding hydrogens is 561 g/mol. The quantitative estimate of drug-likeness (QED) is 0.222. The number of nitrogens with two attached hydrogens (primary N) is 2. The summed E-state index contributed by atoms with van der Waals surface area (Å²) in [6.07, 6.45) is 1.04. The van der Waals surface area contributed by atoms with Crippen molar-refractivity contribution in [3.8, 4) is 28.3 Å². The number of carboxylic acid groups (broad SMARTS) is 1. The largest absolute Gasteiger partial charge is 0.490 e. The van der Waals surface area contributed by atoms with Crippen LogP contribution in [-0.4, -0.2) is 43.1 Å². The van der Waals surface area contributed by atoms with Gasteiger partial charge in [-0.2, -0.15) is 13.2 Å². The second-order valence-corrected chi connectivity index (χ2v) is 10.2. The number of aldehydes is 1. The Morgan fingerprint density at radius 1 is 1.02 bits per heavy atom. The van der Waals surface area contributed by atoms with Gasteiger partial charge in [0.05, 0.1) is 11.3 Å². The first-order chi connectivity index (χ1) is 20.5. The normalized spacial score (nSPS) is 14.0. The first kappa shape index (κ1) is 29.4. The number of alkyl halides is 3. The number of halogens is 3. The lowest BCUT2D eigenvalue weighted by atomic mass is 9.73. The molecule has 1 aliphatic rings. The Morgan fingerprint density at radius 2 is 1.74 bits per heavy atom. The van der Waals surface area contributed by atoms with Crippen LogP contribution >= 0.6 is 0 Å². The number of hydrogen-bond donors (Lipinski definition) is 3. The number of fused-ring (bicyclic) bond motifs is 1. The summed E-state index contributed by atoms with van der Waals surface area (Å²) in [5, 5.41) is 7.12. The number of anilines is 1. The van der Waals surface area contributed by atoms with E-state index in [0.29, 0.717) is 23.7 Å². The second-order valence-electron chi connectivity index (χ2n) is 10.2. The molecule has 0 unspecified atom stereocenters. The number of imidazole rings is 1. The predicted octanol–water partition coefficient (Wildman–Crippen LogP) is 5.44. The molecule has 5 N–H and O–H groups in total. The summed E-state index contributed by atoms with van der Waals surface area (Å²) in [6, 6.07) is 23.9. The van der Waals surface area contributed by atoms with Crippen LogP contribution in [0, 0.1) is 0 Å². The molecule has 0 aliphatic heterocycles. The molecule has 0 bridgehead atoms. The molecule has 0 atom stereocenters. The van der Waals surface area contributed by atoms with Crippen LogP contribution in [0.5, 0.6) is 0 Å². The number of carbonyl (C=O) groups excluding carboxylic acids is 1. The van der Waals surface area contributed by atoms with Gasteiger partial charge in [-0.15, -0.1) is 0 Å². The SMILES string of the molecule is Nc1ncccc1-c1nc2ccc(-c3cccc(CC=O)c3)nc2n1-c1ccc(C2(N)CCC2)cc1.O=C(O)C(F)(F)F. The van der Waals surface area contributed by atoms with Crippen molar-refractivity contribution in [3.05, 3.63) is 90.1 Å². The fourth-order valence-electron chi connectivity index (χ4n) is 4.89. The van der Waals surface area contributed by atoms with E-state index in [1.54, 1.807) is 6.20 Å². The molecule has 6 rings (SSSR count). The molecule has 1 aliphatic carbocycles. The summed E-state index contributed by atoms with van der Waals surface area (Å²) in [7, 11) is 0. The third-order valence-electron chi connectivity index (χ3n) is 7.31. The van der Waals surface area contributed by atoms with Crippen LogP contribution in [0.1, 0.15) is 30.4 Å². The van der Waals surface area contributed by atoms with Crippen molar-refractivity contribution in [1.82, 2.24) is 19.5 Å². The van der Waals surface area contributed by atoms with Crippen LogP contribution in [0.4, 0.5) is 19.0 Å². The molecule has 9 nitrogen and oxygen atoms in total. The molecule has 220 valence electrons. The predicted molar refractivity (Wildman–Crippen MR) is 155 cm³/mol. The lowest BCUT2D eigenvalue weighted by Gasteiger charge is -2.38. The van der Waals surface area contributed by atoms with Crippen molar-refractivity contribution >= 4 is 29.2 Å². The van der Waals surface area contributed by atoms with E-state index in [9.17, 15) is 18.0 Å².